The van der Waals surface area contributed by atoms with Gasteiger partial charge < -0.3 is 4.40 Å². The third-order valence-electron chi connectivity index (χ3n) is 3.10. The number of aryl methyl sites for hydroxylation is 1. The molecule has 0 fully saturated rings. The number of rotatable bonds is 2. The van der Waals surface area contributed by atoms with Crippen LogP contribution in [0.3, 0.4) is 0 Å². The average Bonchev–Trinajstić information content (AvgIpc) is 2.86. The van der Waals surface area contributed by atoms with Crippen molar-refractivity contribution in [3.8, 4) is 11.1 Å². The quantitative estimate of drug-likeness (QED) is 0.648. The molecular weight excluding hydrogens is 208 g/mol. The summed E-state index contributed by atoms with van der Waals surface area (Å²) >= 11 is 0. The topological polar surface area (TPSA) is 17.3 Å². The molecule has 0 amide bonds. The molecule has 2 aromatic heterocycles. The fourth-order valence-electron chi connectivity index (χ4n) is 2.02. The van der Waals surface area contributed by atoms with Gasteiger partial charge in [-0.2, -0.15) is 0 Å². The van der Waals surface area contributed by atoms with Crippen LogP contribution in [0.25, 0.3) is 16.6 Å². The van der Waals surface area contributed by atoms with E-state index in [4.69, 9.17) is 0 Å². The number of imidazole rings is 1. The van der Waals surface area contributed by atoms with E-state index in [1.165, 1.54) is 16.7 Å². The SMILES string of the molecule is CCc1ccc(-c2ccc3cncn3c2)cc1. The van der Waals surface area contributed by atoms with Crippen LogP contribution in [0.4, 0.5) is 0 Å². The molecule has 0 unspecified atom stereocenters. The van der Waals surface area contributed by atoms with E-state index in [1.807, 2.05) is 16.9 Å². The van der Waals surface area contributed by atoms with Gasteiger partial charge >= 0.3 is 0 Å². The zero-order valence-corrected chi connectivity index (χ0v) is 9.80. The summed E-state index contributed by atoms with van der Waals surface area (Å²) in [5.41, 5.74) is 4.97. The molecule has 0 atom stereocenters. The molecule has 0 aliphatic carbocycles. The Balaban J connectivity index is 2.06. The Kier molecular flexibility index (Phi) is 2.41. The van der Waals surface area contributed by atoms with E-state index in [9.17, 15) is 0 Å². The van der Waals surface area contributed by atoms with Crippen molar-refractivity contribution in [1.29, 1.82) is 0 Å². The van der Waals surface area contributed by atoms with E-state index < -0.39 is 0 Å². The van der Waals surface area contributed by atoms with Crippen molar-refractivity contribution in [2.75, 3.05) is 0 Å². The van der Waals surface area contributed by atoms with Crippen LogP contribution >= 0.6 is 0 Å². The summed E-state index contributed by atoms with van der Waals surface area (Å²) in [4.78, 5) is 4.13. The molecule has 2 nitrogen and oxygen atoms in total. The smallest absolute Gasteiger partial charge is 0.0992 e. The van der Waals surface area contributed by atoms with Crippen LogP contribution in [0.2, 0.25) is 0 Å². The van der Waals surface area contributed by atoms with Crippen molar-refractivity contribution in [2.24, 2.45) is 0 Å². The molecule has 3 rings (SSSR count). The molecule has 0 saturated carbocycles. The van der Waals surface area contributed by atoms with Gasteiger partial charge in [0.25, 0.3) is 0 Å². The molecule has 2 heterocycles. The van der Waals surface area contributed by atoms with Gasteiger partial charge in [0.05, 0.1) is 18.0 Å². The molecule has 0 bridgehead atoms. The van der Waals surface area contributed by atoms with E-state index >= 15 is 0 Å². The molecule has 0 saturated heterocycles. The van der Waals surface area contributed by atoms with Crippen LogP contribution < -0.4 is 0 Å². The van der Waals surface area contributed by atoms with Gasteiger partial charge in [-0.3, -0.25) is 0 Å². The molecule has 17 heavy (non-hydrogen) atoms. The van der Waals surface area contributed by atoms with E-state index in [2.05, 4.69) is 54.5 Å². The summed E-state index contributed by atoms with van der Waals surface area (Å²) in [6, 6.07) is 13.0. The highest BCUT2D eigenvalue weighted by Crippen LogP contribution is 2.20. The predicted octanol–water partition coefficient (Wildman–Crippen LogP) is 3.56. The van der Waals surface area contributed by atoms with Crippen LogP contribution in [0.1, 0.15) is 12.5 Å². The molecule has 0 aliphatic rings. The number of hydrogen-bond acceptors (Lipinski definition) is 1. The van der Waals surface area contributed by atoms with Crippen LogP contribution in [0, 0.1) is 0 Å². The second-order valence-corrected chi connectivity index (χ2v) is 4.19. The van der Waals surface area contributed by atoms with E-state index in [0.29, 0.717) is 0 Å². The van der Waals surface area contributed by atoms with E-state index in [-0.39, 0.29) is 0 Å². The lowest BCUT2D eigenvalue weighted by molar-refractivity contribution is 1.14. The van der Waals surface area contributed by atoms with E-state index in [0.717, 1.165) is 11.9 Å². The number of nitrogens with zero attached hydrogens (tertiary/aromatic N) is 2. The number of benzene rings is 1. The Morgan fingerprint density at radius 3 is 2.53 bits per heavy atom. The first-order chi connectivity index (χ1) is 8.36. The van der Waals surface area contributed by atoms with Gasteiger partial charge in [-0.25, -0.2) is 4.98 Å². The summed E-state index contributed by atoms with van der Waals surface area (Å²) in [7, 11) is 0. The Labute approximate surface area is 101 Å². The molecule has 3 aromatic rings. The highest BCUT2D eigenvalue weighted by atomic mass is 15.0. The number of pyridine rings is 1. The van der Waals surface area contributed by atoms with Crippen molar-refractivity contribution in [1.82, 2.24) is 9.38 Å². The first-order valence-corrected chi connectivity index (χ1v) is 5.88. The average molecular weight is 222 g/mol. The molecule has 0 spiro atoms. The van der Waals surface area contributed by atoms with Crippen LogP contribution in [-0.2, 0) is 6.42 Å². The largest absolute Gasteiger partial charge is 0.306 e. The van der Waals surface area contributed by atoms with Gasteiger partial charge in [0.15, 0.2) is 0 Å². The number of fused-ring (bicyclic) bond motifs is 1. The molecule has 0 N–H and O–H groups in total. The molecule has 0 radical (unpaired) electrons. The third kappa shape index (κ3) is 1.82. The zero-order chi connectivity index (χ0) is 11.7. The second-order valence-electron chi connectivity index (χ2n) is 4.19. The molecule has 1 aromatic carbocycles. The summed E-state index contributed by atoms with van der Waals surface area (Å²) < 4.78 is 2.04. The van der Waals surface area contributed by atoms with Crippen molar-refractivity contribution in [3.63, 3.8) is 0 Å². The summed E-state index contributed by atoms with van der Waals surface area (Å²) in [5.74, 6) is 0. The minimum atomic E-state index is 1.08. The minimum Gasteiger partial charge on any atom is -0.306 e. The van der Waals surface area contributed by atoms with Gasteiger partial charge in [-0.15, -0.1) is 0 Å². The Bertz CT molecular complexity index is 635. The molecule has 0 aliphatic heterocycles. The Morgan fingerprint density at radius 2 is 1.76 bits per heavy atom. The predicted molar refractivity (Wildman–Crippen MR) is 70.0 cm³/mol. The lowest BCUT2D eigenvalue weighted by Gasteiger charge is -2.04. The number of hydrogen-bond donors (Lipinski definition) is 0. The third-order valence-corrected chi connectivity index (χ3v) is 3.10. The highest BCUT2D eigenvalue weighted by molar-refractivity contribution is 5.65. The van der Waals surface area contributed by atoms with Gasteiger partial charge in [0.1, 0.15) is 0 Å². The second kappa shape index (κ2) is 4.06. The summed E-state index contributed by atoms with van der Waals surface area (Å²) in [6.07, 6.45) is 6.90. The monoisotopic (exact) mass is 222 g/mol. The maximum atomic E-state index is 4.13. The first kappa shape index (κ1) is 10.1. The van der Waals surface area contributed by atoms with E-state index in [1.54, 1.807) is 0 Å². The molecule has 84 valence electrons. The van der Waals surface area contributed by atoms with Gasteiger partial charge in [-0.1, -0.05) is 37.3 Å². The fourth-order valence-corrected chi connectivity index (χ4v) is 2.02. The van der Waals surface area contributed by atoms with Crippen molar-refractivity contribution < 1.29 is 0 Å². The Hall–Kier alpha value is -2.09. The summed E-state index contributed by atoms with van der Waals surface area (Å²) in [5, 5.41) is 0. The fraction of sp³-hybridized carbons (Fsp3) is 0.133. The van der Waals surface area contributed by atoms with Gasteiger partial charge in [0, 0.05) is 6.20 Å². The van der Waals surface area contributed by atoms with Crippen molar-refractivity contribution >= 4 is 5.52 Å². The minimum absolute atomic E-state index is 1.08. The standard InChI is InChI=1S/C15H14N2/c1-2-12-3-5-13(6-4-12)14-7-8-15-9-16-11-17(15)10-14/h3-11H,2H2,1H3. The highest BCUT2D eigenvalue weighted by Gasteiger charge is 1.99. The lowest BCUT2D eigenvalue weighted by Crippen LogP contribution is -1.85. The normalized spacial score (nSPS) is 10.9. The van der Waals surface area contributed by atoms with Crippen molar-refractivity contribution in [3.05, 3.63) is 60.7 Å². The van der Waals surface area contributed by atoms with Crippen LogP contribution in [0.5, 0.6) is 0 Å². The van der Waals surface area contributed by atoms with Gasteiger partial charge in [-0.05, 0) is 29.2 Å². The Morgan fingerprint density at radius 1 is 1.00 bits per heavy atom. The lowest BCUT2D eigenvalue weighted by atomic mass is 10.0. The molecule has 2 heteroatoms. The van der Waals surface area contributed by atoms with Crippen molar-refractivity contribution in [2.45, 2.75) is 13.3 Å². The van der Waals surface area contributed by atoms with Crippen LogP contribution in [-0.4, -0.2) is 9.38 Å². The maximum absolute atomic E-state index is 4.13. The van der Waals surface area contributed by atoms with Gasteiger partial charge in [0.2, 0.25) is 0 Å². The molecular formula is C15H14N2. The maximum Gasteiger partial charge on any atom is 0.0992 e. The summed E-state index contributed by atoms with van der Waals surface area (Å²) in [6.45, 7) is 2.17. The van der Waals surface area contributed by atoms with Crippen LogP contribution in [0.15, 0.2) is 55.1 Å². The number of aromatic nitrogens is 2. The zero-order valence-electron chi connectivity index (χ0n) is 9.80. The first-order valence-electron chi connectivity index (χ1n) is 5.88.